The predicted octanol–water partition coefficient (Wildman–Crippen LogP) is -2.94. The molecule has 0 saturated carbocycles. The molecule has 1 fully saturated rings. The van der Waals surface area contributed by atoms with Gasteiger partial charge in [0.1, 0.15) is 18.1 Å². The molecule has 3 atom stereocenters. The van der Waals surface area contributed by atoms with Crippen LogP contribution in [-0.2, 0) is 19.2 Å². The Labute approximate surface area is 162 Å². The summed E-state index contributed by atoms with van der Waals surface area (Å²) in [5.74, 6) is -2.74. The molecule has 1 heterocycles. The molecule has 3 amide bonds. The average Bonchev–Trinajstić information content (AvgIpc) is 3.12. The van der Waals surface area contributed by atoms with Gasteiger partial charge in [-0.25, -0.2) is 4.79 Å². The molecule has 1 rings (SSSR count). The number of nitrogens with one attached hydrogen (secondary N) is 2. The summed E-state index contributed by atoms with van der Waals surface area (Å²) >= 11 is 0. The van der Waals surface area contributed by atoms with E-state index in [9.17, 15) is 24.3 Å². The molecule has 12 heteroatoms. The zero-order valence-electron chi connectivity index (χ0n) is 15.9. The minimum absolute atomic E-state index is 0.0960. The van der Waals surface area contributed by atoms with Crippen LogP contribution < -0.4 is 27.8 Å². The van der Waals surface area contributed by atoms with E-state index in [4.69, 9.17) is 17.2 Å². The summed E-state index contributed by atoms with van der Waals surface area (Å²) in [6.07, 6.45) is 1.63. The molecule has 158 valence electrons. The maximum Gasteiger partial charge on any atom is 0.326 e. The molecule has 0 spiro atoms. The van der Waals surface area contributed by atoms with Gasteiger partial charge in [0, 0.05) is 13.1 Å². The summed E-state index contributed by atoms with van der Waals surface area (Å²) in [5.41, 5.74) is 15.7. The van der Waals surface area contributed by atoms with Gasteiger partial charge >= 0.3 is 5.97 Å². The van der Waals surface area contributed by atoms with E-state index in [1.54, 1.807) is 0 Å². The van der Waals surface area contributed by atoms with Crippen molar-refractivity contribution >= 4 is 29.7 Å². The SMILES string of the molecule is C[C@H](NC(=O)[C@@H]1CCCN1C(=O)CN)C(=O)N[C@@H](CCCN=C(N)N)C(=O)O. The van der Waals surface area contributed by atoms with Gasteiger partial charge in [0.2, 0.25) is 17.7 Å². The molecule has 0 aromatic rings. The van der Waals surface area contributed by atoms with E-state index in [-0.39, 0.29) is 31.4 Å². The van der Waals surface area contributed by atoms with Gasteiger partial charge in [-0.3, -0.25) is 19.4 Å². The van der Waals surface area contributed by atoms with Gasteiger partial charge in [0.05, 0.1) is 6.54 Å². The Hall–Kier alpha value is -2.89. The van der Waals surface area contributed by atoms with Gasteiger partial charge in [-0.1, -0.05) is 0 Å². The first-order valence-electron chi connectivity index (χ1n) is 9.05. The Kier molecular flexibility index (Phi) is 9.15. The van der Waals surface area contributed by atoms with Crippen molar-refractivity contribution in [3.63, 3.8) is 0 Å². The zero-order valence-corrected chi connectivity index (χ0v) is 15.9. The summed E-state index contributed by atoms with van der Waals surface area (Å²) < 4.78 is 0. The second-order valence-corrected chi connectivity index (χ2v) is 6.53. The topological polar surface area (TPSA) is 206 Å². The fourth-order valence-corrected chi connectivity index (χ4v) is 2.89. The molecule has 0 aliphatic carbocycles. The van der Waals surface area contributed by atoms with Gasteiger partial charge in [-0.2, -0.15) is 0 Å². The molecular weight excluding hydrogens is 370 g/mol. The minimum atomic E-state index is -1.20. The molecule has 0 unspecified atom stereocenters. The van der Waals surface area contributed by atoms with Crippen LogP contribution in [0.3, 0.4) is 0 Å². The number of likely N-dealkylation sites (tertiary alicyclic amines) is 1. The smallest absolute Gasteiger partial charge is 0.326 e. The molecule has 1 aliphatic heterocycles. The number of amides is 3. The Morgan fingerprint density at radius 1 is 1.25 bits per heavy atom. The van der Waals surface area contributed by atoms with Crippen molar-refractivity contribution in [3.8, 4) is 0 Å². The Balaban J connectivity index is 2.57. The molecule has 1 saturated heterocycles. The minimum Gasteiger partial charge on any atom is -0.480 e. The second-order valence-electron chi connectivity index (χ2n) is 6.53. The Bertz CT molecular complexity index is 621. The van der Waals surface area contributed by atoms with E-state index in [1.165, 1.54) is 11.8 Å². The first-order valence-corrected chi connectivity index (χ1v) is 9.05. The highest BCUT2D eigenvalue weighted by Gasteiger charge is 2.34. The average molecular weight is 399 g/mol. The van der Waals surface area contributed by atoms with Crippen molar-refractivity contribution in [1.82, 2.24) is 15.5 Å². The van der Waals surface area contributed by atoms with Gasteiger partial charge in [0.15, 0.2) is 5.96 Å². The molecule has 0 aromatic heterocycles. The molecule has 28 heavy (non-hydrogen) atoms. The quantitative estimate of drug-likeness (QED) is 0.127. The van der Waals surface area contributed by atoms with Crippen LogP contribution in [0.1, 0.15) is 32.6 Å². The lowest BCUT2D eigenvalue weighted by Crippen LogP contribution is -2.54. The van der Waals surface area contributed by atoms with Gasteiger partial charge in [0.25, 0.3) is 0 Å². The van der Waals surface area contributed by atoms with E-state index in [0.717, 1.165) is 0 Å². The fraction of sp³-hybridized carbons (Fsp3) is 0.688. The Morgan fingerprint density at radius 3 is 2.50 bits per heavy atom. The third-order valence-electron chi connectivity index (χ3n) is 4.36. The van der Waals surface area contributed by atoms with E-state index < -0.39 is 35.9 Å². The number of hydrogen-bond acceptors (Lipinski definition) is 6. The van der Waals surface area contributed by atoms with Gasteiger partial charge in [-0.15, -0.1) is 0 Å². The summed E-state index contributed by atoms with van der Waals surface area (Å²) in [5, 5.41) is 14.2. The van der Waals surface area contributed by atoms with Gasteiger partial charge in [-0.05, 0) is 32.6 Å². The van der Waals surface area contributed by atoms with Crippen LogP contribution in [0.4, 0.5) is 0 Å². The third kappa shape index (κ3) is 7.02. The summed E-state index contributed by atoms with van der Waals surface area (Å²) in [7, 11) is 0. The van der Waals surface area contributed by atoms with Crippen LogP contribution in [0.15, 0.2) is 4.99 Å². The summed E-state index contributed by atoms with van der Waals surface area (Å²) in [4.78, 5) is 52.9. The number of nitrogens with zero attached hydrogens (tertiary/aromatic N) is 2. The molecule has 9 N–H and O–H groups in total. The lowest BCUT2D eigenvalue weighted by Gasteiger charge is -2.25. The summed E-state index contributed by atoms with van der Waals surface area (Å²) in [6, 6.07) is -2.79. The van der Waals surface area contributed by atoms with Gasteiger partial charge < -0.3 is 37.8 Å². The van der Waals surface area contributed by atoms with Crippen molar-refractivity contribution in [1.29, 1.82) is 0 Å². The van der Waals surface area contributed by atoms with Crippen LogP contribution in [0, 0.1) is 0 Å². The number of aliphatic imine (C=N–C) groups is 1. The molecule has 0 bridgehead atoms. The number of carboxylic acid groups (broad SMARTS) is 1. The monoisotopic (exact) mass is 399 g/mol. The van der Waals surface area contributed by atoms with Crippen LogP contribution in [-0.4, -0.2) is 77.4 Å². The highest BCUT2D eigenvalue weighted by molar-refractivity contribution is 5.93. The number of carbonyl (C=O) groups excluding carboxylic acids is 3. The largest absolute Gasteiger partial charge is 0.480 e. The number of guanidine groups is 1. The predicted molar refractivity (Wildman–Crippen MR) is 101 cm³/mol. The van der Waals surface area contributed by atoms with E-state index >= 15 is 0 Å². The van der Waals surface area contributed by atoms with Crippen LogP contribution in [0.5, 0.6) is 0 Å². The third-order valence-corrected chi connectivity index (χ3v) is 4.36. The van der Waals surface area contributed by atoms with Crippen molar-refractivity contribution in [2.75, 3.05) is 19.6 Å². The molecule has 0 aromatic carbocycles. The number of carbonyl (C=O) groups is 4. The number of rotatable bonds is 10. The molecule has 0 radical (unpaired) electrons. The van der Waals surface area contributed by atoms with Crippen molar-refractivity contribution in [3.05, 3.63) is 0 Å². The maximum atomic E-state index is 12.4. The van der Waals surface area contributed by atoms with Crippen LogP contribution in [0.25, 0.3) is 0 Å². The molecule has 1 aliphatic rings. The number of nitrogens with two attached hydrogens (primary N) is 3. The molecular formula is C16H29N7O5. The zero-order chi connectivity index (χ0) is 21.3. The maximum absolute atomic E-state index is 12.4. The molecule has 12 nitrogen and oxygen atoms in total. The summed E-state index contributed by atoms with van der Waals surface area (Å²) in [6.45, 7) is 1.92. The number of carboxylic acids is 1. The first kappa shape index (κ1) is 23.1. The highest BCUT2D eigenvalue weighted by Crippen LogP contribution is 2.17. The number of aliphatic carboxylic acids is 1. The van der Waals surface area contributed by atoms with E-state index in [2.05, 4.69) is 15.6 Å². The first-order chi connectivity index (χ1) is 13.2. The van der Waals surface area contributed by atoms with Crippen molar-refractivity contribution < 1.29 is 24.3 Å². The normalized spacial score (nSPS) is 18.1. The van der Waals surface area contributed by atoms with Crippen LogP contribution >= 0.6 is 0 Å². The number of hydrogen-bond donors (Lipinski definition) is 6. The lowest BCUT2D eigenvalue weighted by molar-refractivity contribution is -0.142. The van der Waals surface area contributed by atoms with Crippen LogP contribution in [0.2, 0.25) is 0 Å². The second kappa shape index (κ2) is 11.1. The van der Waals surface area contributed by atoms with E-state index in [0.29, 0.717) is 25.8 Å². The highest BCUT2D eigenvalue weighted by atomic mass is 16.4. The lowest BCUT2D eigenvalue weighted by atomic mass is 10.1. The van der Waals surface area contributed by atoms with E-state index in [1.807, 2.05) is 0 Å². The van der Waals surface area contributed by atoms with Crippen molar-refractivity contribution in [2.24, 2.45) is 22.2 Å². The standard InChI is InChI=1S/C16H29N7O5/c1-9(21-14(26)11-5-3-7-23(11)12(24)8-17)13(25)22-10(15(27)28)4-2-6-20-16(18)19/h9-11H,2-8,17H2,1H3,(H,21,26)(H,22,25)(H,27,28)(H4,18,19,20)/t9-,10-,11-/m0/s1. The van der Waals surface area contributed by atoms with Crippen molar-refractivity contribution in [2.45, 2.75) is 50.7 Å². The Morgan fingerprint density at radius 2 is 1.93 bits per heavy atom. The fourth-order valence-electron chi connectivity index (χ4n) is 2.89.